The molecule has 0 spiro atoms. The van der Waals surface area contributed by atoms with Crippen molar-refractivity contribution in [1.29, 1.82) is 0 Å². The molecule has 0 radical (unpaired) electrons. The van der Waals surface area contributed by atoms with E-state index >= 15 is 0 Å². The summed E-state index contributed by atoms with van der Waals surface area (Å²) in [7, 11) is 0. The van der Waals surface area contributed by atoms with Gasteiger partial charge in [-0.15, -0.1) is 0 Å². The summed E-state index contributed by atoms with van der Waals surface area (Å²) in [6, 6.07) is 11.8. The number of carbonyl (C=O) groups excluding carboxylic acids is 1. The van der Waals surface area contributed by atoms with Crippen LogP contribution in [0.2, 0.25) is 5.02 Å². The Bertz CT molecular complexity index is 704. The van der Waals surface area contributed by atoms with E-state index in [4.69, 9.17) is 17.3 Å². The van der Waals surface area contributed by atoms with Gasteiger partial charge in [0.05, 0.1) is 10.6 Å². The van der Waals surface area contributed by atoms with Gasteiger partial charge in [-0.3, -0.25) is 4.79 Å². The van der Waals surface area contributed by atoms with Crippen molar-refractivity contribution >= 4 is 23.2 Å². The second kappa shape index (κ2) is 5.47. The van der Waals surface area contributed by atoms with Crippen LogP contribution in [0, 0.1) is 5.82 Å². The highest BCUT2D eigenvalue weighted by Gasteiger charge is 2.28. The zero-order valence-corrected chi connectivity index (χ0v) is 12.0. The monoisotopic (exact) mass is 304 g/mol. The Kier molecular flexibility index (Phi) is 3.66. The van der Waals surface area contributed by atoms with Crippen LogP contribution in [0.25, 0.3) is 0 Å². The zero-order valence-electron chi connectivity index (χ0n) is 11.2. The Morgan fingerprint density at radius 1 is 1.24 bits per heavy atom. The molecule has 0 saturated heterocycles. The van der Waals surface area contributed by atoms with E-state index in [1.54, 1.807) is 6.07 Å². The lowest BCUT2D eigenvalue weighted by Gasteiger charge is -2.33. The average molecular weight is 305 g/mol. The van der Waals surface area contributed by atoms with Gasteiger partial charge in [-0.25, -0.2) is 4.39 Å². The molecule has 2 aromatic carbocycles. The first-order chi connectivity index (χ1) is 10.1. The highest BCUT2D eigenvalue weighted by Crippen LogP contribution is 2.29. The van der Waals surface area contributed by atoms with E-state index < -0.39 is 11.7 Å². The first kappa shape index (κ1) is 14.0. The molecule has 108 valence electrons. The number of halogens is 2. The van der Waals surface area contributed by atoms with Crippen LogP contribution in [-0.4, -0.2) is 18.5 Å². The summed E-state index contributed by atoms with van der Waals surface area (Å²) in [4.78, 5) is 14.2. The molecule has 1 heterocycles. The van der Waals surface area contributed by atoms with Crippen LogP contribution in [0.5, 0.6) is 0 Å². The molecule has 3 nitrogen and oxygen atoms in total. The maximum absolute atomic E-state index is 14.1. The van der Waals surface area contributed by atoms with E-state index in [0.29, 0.717) is 13.0 Å². The molecule has 2 N–H and O–H groups in total. The van der Waals surface area contributed by atoms with Crippen molar-refractivity contribution in [2.75, 3.05) is 11.4 Å². The minimum absolute atomic E-state index is 0.0357. The van der Waals surface area contributed by atoms with Gasteiger partial charge in [0.25, 0.3) is 5.91 Å². The number of hydrogen-bond donors (Lipinski definition) is 1. The van der Waals surface area contributed by atoms with E-state index in [2.05, 4.69) is 0 Å². The number of fused-ring (bicyclic) bond motifs is 1. The van der Waals surface area contributed by atoms with Gasteiger partial charge in [-0.05, 0) is 30.2 Å². The molecule has 1 aliphatic rings. The molecule has 2 aromatic rings. The van der Waals surface area contributed by atoms with Crippen molar-refractivity contribution in [3.8, 4) is 0 Å². The van der Waals surface area contributed by atoms with Crippen LogP contribution in [0.1, 0.15) is 15.9 Å². The smallest absolute Gasteiger partial charge is 0.261 e. The third-order valence-electron chi connectivity index (χ3n) is 3.61. The molecule has 0 aromatic heterocycles. The number of para-hydroxylation sites is 1. The van der Waals surface area contributed by atoms with E-state index in [0.717, 1.165) is 11.3 Å². The first-order valence-corrected chi connectivity index (χ1v) is 7.05. The van der Waals surface area contributed by atoms with Crippen LogP contribution in [0.4, 0.5) is 10.1 Å². The quantitative estimate of drug-likeness (QED) is 0.880. The van der Waals surface area contributed by atoms with Crippen molar-refractivity contribution in [2.45, 2.75) is 12.5 Å². The normalized spacial score (nSPS) is 17.5. The maximum atomic E-state index is 14.1. The molecule has 1 atom stereocenters. The minimum Gasteiger partial charge on any atom is -0.326 e. The molecule has 0 saturated carbocycles. The predicted octanol–water partition coefficient (Wildman–Crippen LogP) is 3.01. The van der Waals surface area contributed by atoms with Crippen molar-refractivity contribution < 1.29 is 9.18 Å². The molecular weight excluding hydrogens is 291 g/mol. The van der Waals surface area contributed by atoms with Gasteiger partial charge in [0.1, 0.15) is 0 Å². The van der Waals surface area contributed by atoms with Crippen molar-refractivity contribution in [3.05, 3.63) is 64.4 Å². The van der Waals surface area contributed by atoms with Gasteiger partial charge < -0.3 is 10.6 Å². The minimum atomic E-state index is -0.694. The molecule has 1 aliphatic heterocycles. The van der Waals surface area contributed by atoms with E-state index in [1.165, 1.54) is 17.0 Å². The molecule has 0 aliphatic carbocycles. The fourth-order valence-electron chi connectivity index (χ4n) is 2.63. The average Bonchev–Trinajstić information content (AvgIpc) is 2.48. The Hall–Kier alpha value is -1.91. The number of amides is 1. The summed E-state index contributed by atoms with van der Waals surface area (Å²) in [6.07, 6.45) is 0.706. The highest BCUT2D eigenvalue weighted by molar-refractivity contribution is 6.31. The maximum Gasteiger partial charge on any atom is 0.261 e. The van der Waals surface area contributed by atoms with Crippen LogP contribution in [-0.2, 0) is 6.42 Å². The third kappa shape index (κ3) is 2.52. The number of nitrogens with two attached hydrogens (primary N) is 1. The molecule has 1 amide bonds. The standard InChI is InChI=1S/C16H14ClFN2O/c17-13-6-3-5-12(15(13)18)16(21)20-9-11(19)8-10-4-1-2-7-14(10)20/h1-7,11H,8-9,19H2. The number of anilines is 1. The molecular formula is C16H14ClFN2O. The summed E-state index contributed by atoms with van der Waals surface area (Å²) in [5, 5.41) is -0.0598. The molecule has 0 bridgehead atoms. The van der Waals surface area contributed by atoms with Gasteiger partial charge in [0.15, 0.2) is 5.82 Å². The van der Waals surface area contributed by atoms with Gasteiger partial charge in [-0.1, -0.05) is 35.9 Å². The van der Waals surface area contributed by atoms with Crippen LogP contribution >= 0.6 is 11.6 Å². The summed E-state index contributed by atoms with van der Waals surface area (Å²) in [5.41, 5.74) is 7.75. The molecule has 21 heavy (non-hydrogen) atoms. The van der Waals surface area contributed by atoms with E-state index in [-0.39, 0.29) is 16.6 Å². The fourth-order valence-corrected chi connectivity index (χ4v) is 2.81. The molecule has 0 fully saturated rings. The third-order valence-corrected chi connectivity index (χ3v) is 3.90. The van der Waals surface area contributed by atoms with Crippen LogP contribution in [0.15, 0.2) is 42.5 Å². The molecule has 3 rings (SSSR count). The van der Waals surface area contributed by atoms with Crippen LogP contribution in [0.3, 0.4) is 0 Å². The van der Waals surface area contributed by atoms with E-state index in [1.807, 2.05) is 24.3 Å². The number of hydrogen-bond acceptors (Lipinski definition) is 2. The lowest BCUT2D eigenvalue weighted by atomic mass is 9.97. The number of rotatable bonds is 1. The SMILES string of the molecule is NC1Cc2ccccc2N(C(=O)c2cccc(Cl)c2F)C1. The summed E-state index contributed by atoms with van der Waals surface area (Å²) >= 11 is 5.76. The Balaban J connectivity index is 2.04. The van der Waals surface area contributed by atoms with Gasteiger partial charge >= 0.3 is 0 Å². The number of carbonyl (C=O) groups is 1. The predicted molar refractivity (Wildman–Crippen MR) is 81.2 cm³/mol. The first-order valence-electron chi connectivity index (χ1n) is 6.67. The zero-order chi connectivity index (χ0) is 15.0. The number of nitrogens with zero attached hydrogens (tertiary/aromatic N) is 1. The largest absolute Gasteiger partial charge is 0.326 e. The Labute approximate surface area is 127 Å². The van der Waals surface area contributed by atoms with Crippen molar-refractivity contribution in [1.82, 2.24) is 0 Å². The van der Waals surface area contributed by atoms with Crippen LogP contribution < -0.4 is 10.6 Å². The lowest BCUT2D eigenvalue weighted by molar-refractivity contribution is 0.0979. The van der Waals surface area contributed by atoms with E-state index in [9.17, 15) is 9.18 Å². The number of benzene rings is 2. The second-order valence-electron chi connectivity index (χ2n) is 5.11. The Morgan fingerprint density at radius 2 is 2.00 bits per heavy atom. The highest BCUT2D eigenvalue weighted by atomic mass is 35.5. The summed E-state index contributed by atoms with van der Waals surface area (Å²) in [5.74, 6) is -1.11. The van der Waals surface area contributed by atoms with Crippen molar-refractivity contribution in [2.24, 2.45) is 5.73 Å². The molecule has 1 unspecified atom stereocenters. The Morgan fingerprint density at radius 3 is 2.81 bits per heavy atom. The summed E-state index contributed by atoms with van der Waals surface area (Å²) in [6.45, 7) is 0.363. The van der Waals surface area contributed by atoms with Gasteiger partial charge in [0.2, 0.25) is 0 Å². The summed E-state index contributed by atoms with van der Waals surface area (Å²) < 4.78 is 14.1. The second-order valence-corrected chi connectivity index (χ2v) is 5.52. The fraction of sp³-hybridized carbons (Fsp3) is 0.188. The molecule has 5 heteroatoms. The van der Waals surface area contributed by atoms with Crippen molar-refractivity contribution in [3.63, 3.8) is 0 Å². The van der Waals surface area contributed by atoms with Gasteiger partial charge in [-0.2, -0.15) is 0 Å². The topological polar surface area (TPSA) is 46.3 Å². The lowest BCUT2D eigenvalue weighted by Crippen LogP contribution is -2.46. The van der Waals surface area contributed by atoms with Gasteiger partial charge in [0, 0.05) is 18.3 Å².